The minimum atomic E-state index is -1.02. The summed E-state index contributed by atoms with van der Waals surface area (Å²) in [7, 11) is 0. The molecule has 1 saturated carbocycles. The lowest BCUT2D eigenvalue weighted by Gasteiger charge is -2.32. The molecule has 4 rings (SSSR count). The Morgan fingerprint density at radius 2 is 1.82 bits per heavy atom. The predicted octanol–water partition coefficient (Wildman–Crippen LogP) is 8.61. The molecule has 0 bridgehead atoms. The van der Waals surface area contributed by atoms with E-state index in [0.717, 1.165) is 62.6 Å². The summed E-state index contributed by atoms with van der Waals surface area (Å²) in [6.45, 7) is 8.96. The summed E-state index contributed by atoms with van der Waals surface area (Å²) in [4.78, 5) is 19.9. The number of carboxylic acids is 1. The van der Waals surface area contributed by atoms with Crippen LogP contribution in [0.1, 0.15) is 147 Å². The van der Waals surface area contributed by atoms with Gasteiger partial charge in [-0.25, -0.2) is 4.98 Å². The number of aliphatic hydroxyl groups excluding tert-OH is 2. The van der Waals surface area contributed by atoms with Crippen molar-refractivity contribution in [1.29, 1.82) is 0 Å². The van der Waals surface area contributed by atoms with Crippen molar-refractivity contribution in [2.24, 2.45) is 35.5 Å². The van der Waals surface area contributed by atoms with Crippen molar-refractivity contribution in [3.8, 4) is 0 Å². The van der Waals surface area contributed by atoms with Gasteiger partial charge in [-0.05, 0) is 130 Å². The Morgan fingerprint density at radius 3 is 2.53 bits per heavy atom. The number of aromatic nitrogens is 2. The highest BCUT2D eigenvalue weighted by Crippen LogP contribution is 2.46. The number of nitrogens with two attached hydrogens (primary N) is 1. The number of H-pyrrole nitrogens is 1. The van der Waals surface area contributed by atoms with E-state index in [0.29, 0.717) is 55.7 Å². The molecule has 0 aromatic carbocycles. The Morgan fingerprint density at radius 1 is 1.04 bits per heavy atom. The molecule has 2 heterocycles. The van der Waals surface area contributed by atoms with Gasteiger partial charge in [0.25, 0.3) is 0 Å². The van der Waals surface area contributed by atoms with Crippen molar-refractivity contribution in [1.82, 2.24) is 9.97 Å². The average Bonchev–Trinajstić information content (AvgIpc) is 3.66. The lowest BCUT2D eigenvalue weighted by atomic mass is 9.80. The van der Waals surface area contributed by atoms with Gasteiger partial charge in [0.15, 0.2) is 0 Å². The van der Waals surface area contributed by atoms with Crippen LogP contribution in [-0.4, -0.2) is 54.2 Å². The van der Waals surface area contributed by atoms with Crippen LogP contribution in [-0.2, 0) is 17.6 Å². The second kappa shape index (κ2) is 20.0. The van der Waals surface area contributed by atoms with Crippen molar-refractivity contribution >= 4 is 11.8 Å². The molecule has 2 aromatic rings. The fraction of sp³-hybridized carbons (Fsp3) is 0.721. The number of hydrogen-bond donors (Lipinski definition) is 6. The summed E-state index contributed by atoms with van der Waals surface area (Å²) in [5, 5.41) is 44.3. The zero-order valence-electron chi connectivity index (χ0n) is 32.0. The molecule has 2 aromatic heterocycles. The Labute approximate surface area is 307 Å². The van der Waals surface area contributed by atoms with Gasteiger partial charge in [0.2, 0.25) is 0 Å². The zero-order chi connectivity index (χ0) is 37.0. The first kappa shape index (κ1) is 41.1. The number of hydrogen-bond acceptors (Lipinski definition) is 6. The summed E-state index contributed by atoms with van der Waals surface area (Å²) >= 11 is 0. The number of nitrogen functional groups attached to an aromatic ring is 1. The molecule has 286 valence electrons. The number of unbranched alkanes of at least 4 members (excludes halogenated alkanes) is 4. The number of carboxylic acid groups (broad SMARTS) is 1. The fourth-order valence-electron chi connectivity index (χ4n) is 9.18. The maximum Gasteiger partial charge on any atom is 0.309 e. The maximum absolute atomic E-state index is 12.3. The first-order valence-electron chi connectivity index (χ1n) is 20.2. The molecule has 0 aliphatic heterocycles. The summed E-state index contributed by atoms with van der Waals surface area (Å²) in [6.07, 6.45) is 21.2. The molecule has 2 aliphatic rings. The molecular formula is C43H69N3O5. The topological polar surface area (TPSA) is 153 Å². The lowest BCUT2D eigenvalue weighted by Crippen LogP contribution is -2.37. The van der Waals surface area contributed by atoms with Crippen LogP contribution in [0.2, 0.25) is 0 Å². The van der Waals surface area contributed by atoms with Gasteiger partial charge < -0.3 is 31.1 Å². The number of carbonyl (C=O) groups is 1. The van der Waals surface area contributed by atoms with E-state index in [1.165, 1.54) is 24.8 Å². The zero-order valence-corrected chi connectivity index (χ0v) is 32.0. The Hall–Kier alpha value is -2.68. The number of allylic oxidation sites excluding steroid dienone is 1. The van der Waals surface area contributed by atoms with Gasteiger partial charge in [0.1, 0.15) is 5.82 Å². The molecule has 7 N–H and O–H groups in total. The van der Waals surface area contributed by atoms with Crippen LogP contribution < -0.4 is 5.73 Å². The van der Waals surface area contributed by atoms with Crippen molar-refractivity contribution < 1.29 is 25.2 Å². The molecule has 51 heavy (non-hydrogen) atoms. The van der Waals surface area contributed by atoms with E-state index < -0.39 is 23.6 Å². The number of aromatic amines is 1. The summed E-state index contributed by atoms with van der Waals surface area (Å²) in [5.74, 6) is 0.611. The minimum absolute atomic E-state index is 0.0140. The van der Waals surface area contributed by atoms with Gasteiger partial charge in [0.05, 0.1) is 23.7 Å². The number of aliphatic carboxylic acids is 1. The summed E-state index contributed by atoms with van der Waals surface area (Å²) in [6, 6.07) is 6.13. The van der Waals surface area contributed by atoms with Gasteiger partial charge >= 0.3 is 5.97 Å². The van der Waals surface area contributed by atoms with Crippen LogP contribution in [0.25, 0.3) is 0 Å². The van der Waals surface area contributed by atoms with Gasteiger partial charge in [-0.3, -0.25) is 4.79 Å². The maximum atomic E-state index is 12.3. The van der Waals surface area contributed by atoms with Gasteiger partial charge in [-0.1, -0.05) is 78.4 Å². The van der Waals surface area contributed by atoms with E-state index in [1.54, 1.807) is 6.20 Å². The monoisotopic (exact) mass is 708 g/mol. The van der Waals surface area contributed by atoms with Gasteiger partial charge in [-0.15, -0.1) is 0 Å². The highest BCUT2D eigenvalue weighted by atomic mass is 16.4. The standard InChI is InChI=1S/C43H69N3O5/c1-5-6-8-11-31-14-15-34(40(48)23-31)12-9-7-10-13-38(42(49)50)39(47)16-18-43(51)27-33(21-32-17-19-45-41(44)24-32)22-36(43)26-37-25-35(28-46-37)30(4)20-29(2)3/h14-15,17,19,24-25,28-31,33-34,36,38-40,46-48,51H,5-13,16,18,20-23,26-27H2,1-4H3,(H2,44,45)(H,49,50)/t30-,31-,33-,34-,36+,38+,39-,40-,43+/m1/s1. The molecule has 0 amide bonds. The van der Waals surface area contributed by atoms with Crippen molar-refractivity contribution in [3.05, 3.63) is 59.6 Å². The van der Waals surface area contributed by atoms with Gasteiger partial charge in [-0.2, -0.15) is 0 Å². The van der Waals surface area contributed by atoms with Crippen molar-refractivity contribution in [3.63, 3.8) is 0 Å². The van der Waals surface area contributed by atoms with Crippen LogP contribution in [0.4, 0.5) is 5.82 Å². The Kier molecular flexibility index (Phi) is 16.1. The first-order chi connectivity index (χ1) is 24.4. The SMILES string of the molecule is CCCCC[C@@H]1C=C[C@@H](CCCCC[C@H](C(=O)O)[C@H](O)CC[C@]2(O)C[C@H](Cc3ccnc(N)c3)C[C@H]2Cc2cc([C@H](C)CC(C)C)c[nH]2)[C@H](O)C1. The summed E-state index contributed by atoms with van der Waals surface area (Å²) in [5.41, 5.74) is 8.47. The first-order valence-corrected chi connectivity index (χ1v) is 20.2. The third-order valence-corrected chi connectivity index (χ3v) is 12.1. The number of pyridine rings is 1. The van der Waals surface area contributed by atoms with E-state index in [-0.39, 0.29) is 30.3 Å². The molecule has 1 fully saturated rings. The molecule has 9 atom stereocenters. The van der Waals surface area contributed by atoms with Crippen molar-refractivity contribution in [2.75, 3.05) is 5.73 Å². The third-order valence-electron chi connectivity index (χ3n) is 12.1. The predicted molar refractivity (Wildman–Crippen MR) is 206 cm³/mol. The number of nitrogens with one attached hydrogen (secondary N) is 1. The smallest absolute Gasteiger partial charge is 0.309 e. The highest BCUT2D eigenvalue weighted by Gasteiger charge is 2.46. The number of rotatable bonds is 22. The van der Waals surface area contributed by atoms with E-state index in [2.05, 4.69) is 62.1 Å². The molecule has 0 radical (unpaired) electrons. The second-order valence-electron chi connectivity index (χ2n) is 16.9. The van der Waals surface area contributed by atoms with Crippen LogP contribution in [0.5, 0.6) is 0 Å². The molecule has 0 unspecified atom stereocenters. The quantitative estimate of drug-likeness (QED) is 0.0529. The largest absolute Gasteiger partial charge is 0.481 e. The van der Waals surface area contributed by atoms with Gasteiger partial charge in [0, 0.05) is 24.0 Å². The number of aliphatic hydroxyl groups is 3. The van der Waals surface area contributed by atoms with Crippen molar-refractivity contribution in [2.45, 2.75) is 161 Å². The molecule has 0 saturated heterocycles. The average molecular weight is 708 g/mol. The highest BCUT2D eigenvalue weighted by molar-refractivity contribution is 5.70. The second-order valence-corrected chi connectivity index (χ2v) is 16.9. The van der Waals surface area contributed by atoms with E-state index >= 15 is 0 Å². The van der Waals surface area contributed by atoms with Crippen LogP contribution in [0.15, 0.2) is 42.7 Å². The fourth-order valence-corrected chi connectivity index (χ4v) is 9.18. The third kappa shape index (κ3) is 12.7. The van der Waals surface area contributed by atoms with Crippen LogP contribution in [0, 0.1) is 35.5 Å². The Balaban J connectivity index is 1.31. The number of anilines is 1. The molecule has 2 aliphatic carbocycles. The van der Waals surface area contributed by atoms with E-state index in [9.17, 15) is 25.2 Å². The lowest BCUT2D eigenvalue weighted by molar-refractivity contribution is -0.146. The molecule has 8 heteroatoms. The normalized spacial score (nSPS) is 26.8. The molecule has 0 spiro atoms. The number of nitrogens with zero attached hydrogens (tertiary/aromatic N) is 1. The van der Waals surface area contributed by atoms with E-state index in [4.69, 9.17) is 5.73 Å². The van der Waals surface area contributed by atoms with Crippen LogP contribution >= 0.6 is 0 Å². The van der Waals surface area contributed by atoms with E-state index in [1.807, 2.05) is 12.1 Å². The van der Waals surface area contributed by atoms with Crippen LogP contribution in [0.3, 0.4) is 0 Å². The molecule has 8 nitrogen and oxygen atoms in total. The molecular weight excluding hydrogens is 638 g/mol. The minimum Gasteiger partial charge on any atom is -0.481 e. The Bertz CT molecular complexity index is 1360. The summed E-state index contributed by atoms with van der Waals surface area (Å²) < 4.78 is 0.